The highest BCUT2D eigenvalue weighted by atomic mass is 16.5. The minimum absolute atomic E-state index is 0.305. The minimum Gasteiger partial charge on any atom is -0.378 e. The van der Waals surface area contributed by atoms with Gasteiger partial charge in [-0.1, -0.05) is 13.8 Å². The van der Waals surface area contributed by atoms with Crippen LogP contribution in [-0.2, 0) is 17.6 Å². The lowest BCUT2D eigenvalue weighted by atomic mass is 10.1. The molecule has 1 atom stereocenters. The van der Waals surface area contributed by atoms with Gasteiger partial charge in [0.1, 0.15) is 11.6 Å². The minimum atomic E-state index is 0.305. The molecule has 2 heterocycles. The van der Waals surface area contributed by atoms with E-state index < -0.39 is 0 Å². The highest BCUT2D eigenvalue weighted by Gasteiger charge is 2.16. The van der Waals surface area contributed by atoms with E-state index in [0.29, 0.717) is 6.10 Å². The molecule has 1 N–H and O–H groups in total. The molecule has 0 amide bonds. The fourth-order valence-corrected chi connectivity index (χ4v) is 2.34. The summed E-state index contributed by atoms with van der Waals surface area (Å²) in [5, 5.41) is 3.35. The van der Waals surface area contributed by atoms with E-state index >= 15 is 0 Å². The van der Waals surface area contributed by atoms with Crippen LogP contribution < -0.4 is 5.32 Å². The Morgan fingerprint density at radius 2 is 2.21 bits per heavy atom. The number of rotatable bonds is 6. The summed E-state index contributed by atoms with van der Waals surface area (Å²) < 4.78 is 5.78. The molecule has 0 saturated carbocycles. The van der Waals surface area contributed by atoms with Gasteiger partial charge >= 0.3 is 0 Å². The Hall–Kier alpha value is -1.16. The lowest BCUT2D eigenvalue weighted by Gasteiger charge is -2.22. The Kier molecular flexibility index (Phi) is 5.58. The summed E-state index contributed by atoms with van der Waals surface area (Å²) in [6.45, 7) is 6.14. The molecule has 0 aromatic carbocycles. The first-order valence-corrected chi connectivity index (χ1v) is 7.54. The average Bonchev–Trinajstić information content (AvgIpc) is 2.46. The second-order valence-corrected chi connectivity index (χ2v) is 5.13. The maximum atomic E-state index is 5.78. The number of nitrogens with zero attached hydrogens (tertiary/aromatic N) is 2. The van der Waals surface area contributed by atoms with Gasteiger partial charge in [-0.2, -0.15) is 0 Å². The number of aromatic nitrogens is 2. The molecule has 0 spiro atoms. The molecule has 19 heavy (non-hydrogen) atoms. The van der Waals surface area contributed by atoms with Gasteiger partial charge in [0, 0.05) is 31.3 Å². The van der Waals surface area contributed by atoms with Crippen LogP contribution in [0.1, 0.15) is 51.0 Å². The monoisotopic (exact) mass is 263 g/mol. The maximum Gasteiger partial charge on any atom is 0.133 e. The molecule has 4 heteroatoms. The summed E-state index contributed by atoms with van der Waals surface area (Å²) >= 11 is 0. The predicted octanol–water partition coefficient (Wildman–Crippen LogP) is 2.97. The number of anilines is 1. The van der Waals surface area contributed by atoms with E-state index in [4.69, 9.17) is 4.74 Å². The van der Waals surface area contributed by atoms with Gasteiger partial charge in [0.15, 0.2) is 0 Å². The Bertz CT molecular complexity index is 389. The van der Waals surface area contributed by atoms with Crippen molar-refractivity contribution in [3.8, 4) is 0 Å². The van der Waals surface area contributed by atoms with E-state index in [2.05, 4.69) is 35.2 Å². The molecule has 1 aromatic rings. The van der Waals surface area contributed by atoms with Gasteiger partial charge < -0.3 is 10.1 Å². The molecule has 0 bridgehead atoms. The van der Waals surface area contributed by atoms with Crippen LogP contribution in [0.4, 0.5) is 5.82 Å². The molecular weight excluding hydrogens is 238 g/mol. The summed E-state index contributed by atoms with van der Waals surface area (Å²) in [6.07, 6.45) is 6.79. The summed E-state index contributed by atoms with van der Waals surface area (Å²) in [7, 11) is 0. The zero-order valence-electron chi connectivity index (χ0n) is 12.1. The van der Waals surface area contributed by atoms with E-state index in [9.17, 15) is 0 Å². The predicted molar refractivity (Wildman–Crippen MR) is 77.5 cm³/mol. The number of nitrogens with one attached hydrogen (secondary N) is 1. The van der Waals surface area contributed by atoms with Crippen LogP contribution in [0.15, 0.2) is 6.07 Å². The number of ether oxygens (including phenoxy) is 1. The van der Waals surface area contributed by atoms with Gasteiger partial charge in [-0.25, -0.2) is 9.97 Å². The Morgan fingerprint density at radius 1 is 1.32 bits per heavy atom. The summed E-state index contributed by atoms with van der Waals surface area (Å²) in [5.74, 6) is 1.88. The molecule has 0 radical (unpaired) electrons. The molecule has 1 saturated heterocycles. The van der Waals surface area contributed by atoms with Gasteiger partial charge in [-0.15, -0.1) is 0 Å². The lowest BCUT2D eigenvalue weighted by Crippen LogP contribution is -2.23. The topological polar surface area (TPSA) is 47.0 Å². The van der Waals surface area contributed by atoms with Crippen molar-refractivity contribution in [2.75, 3.05) is 18.5 Å². The van der Waals surface area contributed by atoms with E-state index in [1.807, 2.05) is 0 Å². The number of hydrogen-bond donors (Lipinski definition) is 1. The van der Waals surface area contributed by atoms with E-state index in [-0.39, 0.29) is 0 Å². The first-order chi connectivity index (χ1) is 9.31. The Morgan fingerprint density at radius 3 is 2.89 bits per heavy atom. The molecule has 4 nitrogen and oxygen atoms in total. The first kappa shape index (κ1) is 14.3. The molecule has 2 rings (SSSR count). The lowest BCUT2D eigenvalue weighted by molar-refractivity contribution is 0.0156. The van der Waals surface area contributed by atoms with Crippen molar-refractivity contribution in [2.24, 2.45) is 0 Å². The highest BCUT2D eigenvalue weighted by Crippen LogP contribution is 2.17. The Balaban J connectivity index is 2.04. The summed E-state index contributed by atoms with van der Waals surface area (Å²) in [5.41, 5.74) is 1.11. The normalized spacial score (nSPS) is 19.4. The quantitative estimate of drug-likeness (QED) is 0.857. The average molecular weight is 263 g/mol. The van der Waals surface area contributed by atoms with Crippen LogP contribution >= 0.6 is 0 Å². The fourth-order valence-electron chi connectivity index (χ4n) is 2.34. The second kappa shape index (κ2) is 7.43. The third-order valence-corrected chi connectivity index (χ3v) is 3.43. The van der Waals surface area contributed by atoms with Crippen LogP contribution in [-0.4, -0.2) is 29.2 Å². The zero-order valence-corrected chi connectivity index (χ0v) is 12.1. The van der Waals surface area contributed by atoms with Crippen molar-refractivity contribution >= 4 is 5.82 Å². The van der Waals surface area contributed by atoms with E-state index in [1.165, 1.54) is 12.8 Å². The van der Waals surface area contributed by atoms with Crippen molar-refractivity contribution in [3.05, 3.63) is 17.6 Å². The third-order valence-electron chi connectivity index (χ3n) is 3.43. The van der Waals surface area contributed by atoms with Gasteiger partial charge in [0.2, 0.25) is 0 Å². The fraction of sp³-hybridized carbons (Fsp3) is 0.733. The van der Waals surface area contributed by atoms with Gasteiger partial charge in [-0.05, 0) is 32.1 Å². The van der Waals surface area contributed by atoms with Crippen molar-refractivity contribution in [1.82, 2.24) is 9.97 Å². The summed E-state index contributed by atoms with van der Waals surface area (Å²) in [4.78, 5) is 9.23. The molecule has 106 valence electrons. The van der Waals surface area contributed by atoms with E-state index in [0.717, 1.165) is 56.2 Å². The van der Waals surface area contributed by atoms with Crippen molar-refractivity contribution < 1.29 is 4.74 Å². The van der Waals surface area contributed by atoms with Crippen molar-refractivity contribution in [2.45, 2.75) is 58.5 Å². The van der Waals surface area contributed by atoms with E-state index in [1.54, 1.807) is 0 Å². The van der Waals surface area contributed by atoms with Crippen LogP contribution in [0.2, 0.25) is 0 Å². The molecule has 1 fully saturated rings. The van der Waals surface area contributed by atoms with Crippen molar-refractivity contribution in [1.29, 1.82) is 0 Å². The molecule has 1 aromatic heterocycles. The molecule has 1 aliphatic rings. The van der Waals surface area contributed by atoms with Crippen molar-refractivity contribution in [3.63, 3.8) is 0 Å². The highest BCUT2D eigenvalue weighted by molar-refractivity contribution is 5.36. The molecule has 1 aliphatic heterocycles. The largest absolute Gasteiger partial charge is 0.378 e. The molecular formula is C15H25N3O. The zero-order chi connectivity index (χ0) is 13.5. The third kappa shape index (κ3) is 4.46. The number of hydrogen-bond acceptors (Lipinski definition) is 4. The smallest absolute Gasteiger partial charge is 0.133 e. The van der Waals surface area contributed by atoms with Gasteiger partial charge in [0.05, 0.1) is 6.10 Å². The SMILES string of the molecule is CCCNc1cc(CC)nc(CC2CCCCO2)n1. The van der Waals surface area contributed by atoms with Gasteiger partial charge in [-0.3, -0.25) is 0 Å². The second-order valence-electron chi connectivity index (χ2n) is 5.13. The standard InChI is InChI=1S/C15H25N3O/c1-3-8-16-14-10-12(4-2)17-15(18-14)11-13-7-5-6-9-19-13/h10,13H,3-9,11H2,1-2H3,(H,16,17,18). The molecule has 0 aliphatic carbocycles. The first-order valence-electron chi connectivity index (χ1n) is 7.54. The van der Waals surface area contributed by atoms with Crippen LogP contribution in [0, 0.1) is 0 Å². The van der Waals surface area contributed by atoms with Gasteiger partial charge in [0.25, 0.3) is 0 Å². The molecule has 1 unspecified atom stereocenters. The van der Waals surface area contributed by atoms with Crippen LogP contribution in [0.5, 0.6) is 0 Å². The summed E-state index contributed by atoms with van der Waals surface area (Å²) in [6, 6.07) is 2.06. The Labute approximate surface area is 116 Å². The van der Waals surface area contributed by atoms with Crippen LogP contribution in [0.25, 0.3) is 0 Å². The number of aryl methyl sites for hydroxylation is 1. The maximum absolute atomic E-state index is 5.78. The van der Waals surface area contributed by atoms with Crippen LogP contribution in [0.3, 0.4) is 0 Å².